The van der Waals surface area contributed by atoms with Gasteiger partial charge in [0.2, 0.25) is 0 Å². The predicted molar refractivity (Wildman–Crippen MR) is 105 cm³/mol. The van der Waals surface area contributed by atoms with Crippen LogP contribution in [0.25, 0.3) is 10.9 Å². The van der Waals surface area contributed by atoms with Crippen molar-refractivity contribution in [2.75, 3.05) is 6.54 Å². The lowest BCUT2D eigenvalue weighted by Gasteiger charge is -2.14. The van der Waals surface area contributed by atoms with Gasteiger partial charge in [-0.3, -0.25) is 19.0 Å². The molecule has 0 aliphatic carbocycles. The number of hydrogen-bond acceptors (Lipinski definition) is 5. The van der Waals surface area contributed by atoms with Gasteiger partial charge in [-0.05, 0) is 43.2 Å². The van der Waals surface area contributed by atoms with Crippen molar-refractivity contribution in [1.29, 1.82) is 0 Å². The maximum atomic E-state index is 12.9. The van der Waals surface area contributed by atoms with E-state index in [4.69, 9.17) is 4.74 Å². The summed E-state index contributed by atoms with van der Waals surface area (Å²) in [6.45, 7) is 1.43. The zero-order valence-corrected chi connectivity index (χ0v) is 15.8. The minimum Gasteiger partial charge on any atom is -0.451 e. The van der Waals surface area contributed by atoms with Gasteiger partial charge in [-0.2, -0.15) is 0 Å². The topological polar surface area (TPSA) is 90.3 Å². The first-order valence-corrected chi connectivity index (χ1v) is 9.10. The molecule has 0 fully saturated rings. The summed E-state index contributed by atoms with van der Waals surface area (Å²) in [4.78, 5) is 40.7. The standard InChI is InChI=1S/C21H20FN3O4/c1-14(20(27)23-11-10-15-6-8-16(22)9-7-15)29-19(26)12-25-13-24-18-5-3-2-4-17(18)21(25)28/h2-9,13-14H,10-12H2,1H3,(H,23,27)/t14-/m0/s1. The van der Waals surface area contributed by atoms with Crippen LogP contribution in [-0.2, 0) is 27.3 Å². The number of aromatic nitrogens is 2. The zero-order valence-electron chi connectivity index (χ0n) is 15.8. The van der Waals surface area contributed by atoms with Crippen molar-refractivity contribution >= 4 is 22.8 Å². The molecule has 1 N–H and O–H groups in total. The molecule has 1 heterocycles. The monoisotopic (exact) mass is 397 g/mol. The molecule has 2 aromatic carbocycles. The van der Waals surface area contributed by atoms with Gasteiger partial charge in [0.1, 0.15) is 12.4 Å². The third-order valence-electron chi connectivity index (χ3n) is 4.33. The molecule has 1 atom stereocenters. The lowest BCUT2D eigenvalue weighted by molar-refractivity contribution is -0.155. The first-order valence-electron chi connectivity index (χ1n) is 9.10. The molecule has 150 valence electrons. The Morgan fingerprint density at radius 1 is 1.17 bits per heavy atom. The van der Waals surface area contributed by atoms with Crippen LogP contribution < -0.4 is 10.9 Å². The van der Waals surface area contributed by atoms with Gasteiger partial charge >= 0.3 is 5.97 Å². The Morgan fingerprint density at radius 3 is 2.66 bits per heavy atom. The number of amides is 1. The molecule has 1 amide bonds. The average Bonchev–Trinajstić information content (AvgIpc) is 2.71. The zero-order chi connectivity index (χ0) is 20.8. The van der Waals surface area contributed by atoms with Crippen LogP contribution in [0, 0.1) is 5.82 Å². The van der Waals surface area contributed by atoms with Crippen molar-refractivity contribution in [3.8, 4) is 0 Å². The number of carbonyl (C=O) groups is 2. The molecule has 8 heteroatoms. The summed E-state index contributed by atoms with van der Waals surface area (Å²) >= 11 is 0. The molecular formula is C21H20FN3O4. The third kappa shape index (κ3) is 5.25. The number of ether oxygens (including phenoxy) is 1. The number of hydrogen-bond donors (Lipinski definition) is 1. The van der Waals surface area contributed by atoms with Gasteiger partial charge < -0.3 is 10.1 Å². The second-order valence-corrected chi connectivity index (χ2v) is 6.49. The lowest BCUT2D eigenvalue weighted by Crippen LogP contribution is -2.38. The van der Waals surface area contributed by atoms with Crippen LogP contribution in [0.4, 0.5) is 4.39 Å². The maximum absolute atomic E-state index is 12.9. The number of benzene rings is 2. The molecule has 0 saturated carbocycles. The van der Waals surface area contributed by atoms with E-state index in [-0.39, 0.29) is 17.9 Å². The van der Waals surface area contributed by atoms with E-state index in [1.807, 2.05) is 0 Å². The first-order chi connectivity index (χ1) is 13.9. The summed E-state index contributed by atoms with van der Waals surface area (Å²) in [5.41, 5.74) is 1.06. The normalized spacial score (nSPS) is 11.8. The summed E-state index contributed by atoms with van der Waals surface area (Å²) in [6.07, 6.45) is 0.782. The van der Waals surface area contributed by atoms with Gasteiger partial charge in [0.15, 0.2) is 6.10 Å². The Kier molecular flexibility index (Phi) is 6.33. The molecule has 0 saturated heterocycles. The first kappa shape index (κ1) is 20.2. The number of para-hydroxylation sites is 1. The highest BCUT2D eigenvalue weighted by Gasteiger charge is 2.18. The van der Waals surface area contributed by atoms with E-state index in [2.05, 4.69) is 10.3 Å². The van der Waals surface area contributed by atoms with E-state index in [1.165, 1.54) is 25.4 Å². The molecular weight excluding hydrogens is 377 g/mol. The third-order valence-corrected chi connectivity index (χ3v) is 4.33. The van der Waals surface area contributed by atoms with Crippen molar-refractivity contribution in [3.05, 3.63) is 76.6 Å². The Balaban J connectivity index is 1.50. The SMILES string of the molecule is C[C@H](OC(=O)Cn1cnc2ccccc2c1=O)C(=O)NCCc1ccc(F)cc1. The average molecular weight is 397 g/mol. The molecule has 0 spiro atoms. The second-order valence-electron chi connectivity index (χ2n) is 6.49. The van der Waals surface area contributed by atoms with Crippen molar-refractivity contribution in [1.82, 2.24) is 14.9 Å². The highest BCUT2D eigenvalue weighted by molar-refractivity contribution is 5.83. The van der Waals surface area contributed by atoms with Crippen LogP contribution >= 0.6 is 0 Å². The van der Waals surface area contributed by atoms with Gasteiger partial charge in [-0.15, -0.1) is 0 Å². The molecule has 29 heavy (non-hydrogen) atoms. The molecule has 0 aliphatic rings. The summed E-state index contributed by atoms with van der Waals surface area (Å²) in [5.74, 6) is -1.49. The minimum atomic E-state index is -1.01. The number of fused-ring (bicyclic) bond motifs is 1. The van der Waals surface area contributed by atoms with E-state index < -0.39 is 18.0 Å². The molecule has 1 aromatic heterocycles. The summed E-state index contributed by atoms with van der Waals surface area (Å²) < 4.78 is 19.1. The fourth-order valence-electron chi connectivity index (χ4n) is 2.77. The predicted octanol–water partition coefficient (Wildman–Crippen LogP) is 1.83. The van der Waals surface area contributed by atoms with Crippen LogP contribution in [0.1, 0.15) is 12.5 Å². The number of nitrogens with zero attached hydrogens (tertiary/aromatic N) is 2. The van der Waals surface area contributed by atoms with Gasteiger partial charge in [-0.25, -0.2) is 9.37 Å². The highest BCUT2D eigenvalue weighted by Crippen LogP contribution is 2.05. The van der Waals surface area contributed by atoms with Gasteiger partial charge in [0.25, 0.3) is 11.5 Å². The quantitative estimate of drug-likeness (QED) is 0.615. The van der Waals surface area contributed by atoms with E-state index in [0.717, 1.165) is 10.1 Å². The molecule has 0 unspecified atom stereocenters. The van der Waals surface area contributed by atoms with Crippen LogP contribution in [0.2, 0.25) is 0 Å². The van der Waals surface area contributed by atoms with Crippen molar-refractivity contribution in [2.24, 2.45) is 0 Å². The van der Waals surface area contributed by atoms with E-state index in [0.29, 0.717) is 23.9 Å². The van der Waals surface area contributed by atoms with Crippen molar-refractivity contribution < 1.29 is 18.7 Å². The van der Waals surface area contributed by atoms with Gasteiger partial charge in [-0.1, -0.05) is 24.3 Å². The van der Waals surface area contributed by atoms with Crippen molar-refractivity contribution in [2.45, 2.75) is 26.0 Å². The van der Waals surface area contributed by atoms with Crippen LogP contribution in [0.15, 0.2) is 59.7 Å². The smallest absolute Gasteiger partial charge is 0.326 e. The summed E-state index contributed by atoms with van der Waals surface area (Å²) in [5, 5.41) is 3.06. The van der Waals surface area contributed by atoms with Crippen LogP contribution in [0.3, 0.4) is 0 Å². The minimum absolute atomic E-state index is 0.320. The van der Waals surface area contributed by atoms with E-state index in [9.17, 15) is 18.8 Å². The number of rotatable bonds is 7. The van der Waals surface area contributed by atoms with Crippen LogP contribution in [-0.4, -0.2) is 34.1 Å². The molecule has 7 nitrogen and oxygen atoms in total. The summed E-state index contributed by atoms with van der Waals surface area (Å²) in [7, 11) is 0. The molecule has 3 rings (SSSR count). The Bertz CT molecular complexity index is 1080. The van der Waals surface area contributed by atoms with Gasteiger partial charge in [0, 0.05) is 6.54 Å². The van der Waals surface area contributed by atoms with Gasteiger partial charge in [0.05, 0.1) is 17.2 Å². The Labute approximate surface area is 166 Å². The molecule has 0 radical (unpaired) electrons. The molecule has 0 bridgehead atoms. The largest absolute Gasteiger partial charge is 0.451 e. The van der Waals surface area contributed by atoms with Crippen LogP contribution in [0.5, 0.6) is 0 Å². The maximum Gasteiger partial charge on any atom is 0.326 e. The number of esters is 1. The molecule has 0 aliphatic heterocycles. The summed E-state index contributed by atoms with van der Waals surface area (Å²) in [6, 6.07) is 12.8. The Morgan fingerprint density at radius 2 is 1.90 bits per heavy atom. The highest BCUT2D eigenvalue weighted by atomic mass is 19.1. The fraction of sp³-hybridized carbons (Fsp3) is 0.238. The number of halogens is 1. The fourth-order valence-corrected chi connectivity index (χ4v) is 2.77. The number of nitrogens with one attached hydrogen (secondary N) is 1. The van der Waals surface area contributed by atoms with Crippen molar-refractivity contribution in [3.63, 3.8) is 0 Å². The van der Waals surface area contributed by atoms with E-state index in [1.54, 1.807) is 36.4 Å². The lowest BCUT2D eigenvalue weighted by atomic mass is 10.1. The second kappa shape index (κ2) is 9.09. The Hall–Kier alpha value is -3.55. The molecule has 3 aromatic rings. The number of carbonyl (C=O) groups excluding carboxylic acids is 2. The van der Waals surface area contributed by atoms with E-state index >= 15 is 0 Å².